The minimum atomic E-state index is -0.807. The molecule has 2 aromatic carbocycles. The number of aromatic nitrogens is 2. The van der Waals surface area contributed by atoms with Crippen LogP contribution in [0.15, 0.2) is 73.1 Å². The molecule has 2 aromatic heterocycles. The van der Waals surface area contributed by atoms with Gasteiger partial charge in [-0.15, -0.1) is 0 Å². The maximum atomic E-state index is 14.7. The number of benzene rings is 2. The molecule has 0 saturated heterocycles. The van der Waals surface area contributed by atoms with E-state index in [9.17, 15) is 13.6 Å². The Morgan fingerprint density at radius 2 is 1.78 bits per heavy atom. The Kier molecular flexibility index (Phi) is 6.33. The number of nitrogens with one attached hydrogen (secondary N) is 1. The van der Waals surface area contributed by atoms with E-state index in [1.165, 1.54) is 6.07 Å². The fraction of sp³-hybridized carbons (Fsp3) is 0.179. The molecule has 2 heterocycles. The first kappa shape index (κ1) is 23.4. The highest BCUT2D eigenvalue weighted by Crippen LogP contribution is 2.46. The van der Waals surface area contributed by atoms with Gasteiger partial charge in [-0.2, -0.15) is 0 Å². The number of methoxy groups -OCH3 is 1. The van der Waals surface area contributed by atoms with Gasteiger partial charge in [-0.1, -0.05) is 24.3 Å². The smallest absolute Gasteiger partial charge is 0.307 e. The van der Waals surface area contributed by atoms with Crippen molar-refractivity contribution in [1.82, 2.24) is 9.97 Å². The van der Waals surface area contributed by atoms with E-state index in [-0.39, 0.29) is 18.4 Å². The molecule has 1 aliphatic carbocycles. The summed E-state index contributed by atoms with van der Waals surface area (Å²) in [7, 11) is 1.58. The minimum absolute atomic E-state index is 0.0551. The number of carboxylic acids is 1. The molecular weight excluding hydrogens is 464 g/mol. The zero-order valence-corrected chi connectivity index (χ0v) is 19.4. The van der Waals surface area contributed by atoms with Gasteiger partial charge in [0, 0.05) is 40.9 Å². The molecule has 4 aromatic rings. The predicted molar refractivity (Wildman–Crippen MR) is 132 cm³/mol. The summed E-state index contributed by atoms with van der Waals surface area (Å²) in [5.74, 6) is -1.86. The lowest BCUT2D eigenvalue weighted by atomic mass is 9.99. The summed E-state index contributed by atoms with van der Waals surface area (Å²) in [6.07, 6.45) is 3.82. The zero-order valence-electron chi connectivity index (χ0n) is 19.4. The molecule has 8 heteroatoms. The average Bonchev–Trinajstić information content (AvgIpc) is 3.70. The first-order valence-electron chi connectivity index (χ1n) is 11.4. The van der Waals surface area contributed by atoms with E-state index in [2.05, 4.69) is 15.3 Å². The number of aliphatic carboxylic acids is 1. The number of pyridine rings is 2. The molecule has 2 N–H and O–H groups in total. The second-order valence-corrected chi connectivity index (χ2v) is 8.70. The number of rotatable bonds is 8. The zero-order chi connectivity index (χ0) is 25.2. The van der Waals surface area contributed by atoms with Crippen LogP contribution in [0.3, 0.4) is 0 Å². The fourth-order valence-electron chi connectivity index (χ4n) is 4.16. The van der Waals surface area contributed by atoms with Gasteiger partial charge < -0.3 is 15.2 Å². The minimum Gasteiger partial charge on any atom is -0.495 e. The first-order valence-corrected chi connectivity index (χ1v) is 11.4. The number of carbonyl (C=O) groups is 1. The molecule has 0 bridgehead atoms. The topological polar surface area (TPSA) is 84.3 Å². The Labute approximate surface area is 206 Å². The molecule has 0 unspecified atom stereocenters. The van der Waals surface area contributed by atoms with Crippen LogP contribution in [0, 0.1) is 17.6 Å². The van der Waals surface area contributed by atoms with Crippen LogP contribution < -0.4 is 10.1 Å². The van der Waals surface area contributed by atoms with Crippen molar-refractivity contribution < 1.29 is 23.4 Å². The summed E-state index contributed by atoms with van der Waals surface area (Å²) in [6, 6.07) is 16.9. The number of hydrogen-bond donors (Lipinski definition) is 2. The molecule has 182 valence electrons. The van der Waals surface area contributed by atoms with Gasteiger partial charge in [0.1, 0.15) is 17.4 Å². The molecule has 0 amide bonds. The summed E-state index contributed by atoms with van der Waals surface area (Å²) in [6.45, 7) is 0.134. The van der Waals surface area contributed by atoms with Crippen molar-refractivity contribution in [3.63, 3.8) is 0 Å². The maximum absolute atomic E-state index is 14.7. The van der Waals surface area contributed by atoms with Crippen LogP contribution in [0.5, 0.6) is 5.75 Å². The fourth-order valence-corrected chi connectivity index (χ4v) is 4.16. The third-order valence-corrected chi connectivity index (χ3v) is 6.36. The maximum Gasteiger partial charge on any atom is 0.307 e. The number of ether oxygens (including phenoxy) is 1. The van der Waals surface area contributed by atoms with E-state index in [4.69, 9.17) is 9.84 Å². The summed E-state index contributed by atoms with van der Waals surface area (Å²) in [5, 5.41) is 12.2. The Balaban J connectivity index is 1.29. The Morgan fingerprint density at radius 3 is 2.39 bits per heavy atom. The van der Waals surface area contributed by atoms with Gasteiger partial charge >= 0.3 is 5.97 Å². The monoisotopic (exact) mass is 487 g/mol. The highest BCUT2D eigenvalue weighted by Gasteiger charge is 2.45. The number of nitrogens with zero attached hydrogens (tertiary/aromatic N) is 2. The molecule has 1 aliphatic rings. The standard InChI is InChI=1S/C28H23F2N3O3/c1-36-20-7-9-26(33-15-20)17-4-2-16(3-5-17)21-10-18(24(29)12-25(21)30)13-31-19-6-8-27(32-14-19)22-11-23(22)28(34)35/h2-10,12,14-15,22-23,31H,11,13H2,1H3,(H,34,35)/t22-,23-/m1/s1. The molecule has 0 radical (unpaired) electrons. The number of carboxylic acid groups (broad SMARTS) is 1. The molecule has 36 heavy (non-hydrogen) atoms. The normalized spacial score (nSPS) is 16.4. The molecule has 1 saturated carbocycles. The van der Waals surface area contributed by atoms with Crippen LogP contribution in [-0.4, -0.2) is 28.2 Å². The highest BCUT2D eigenvalue weighted by atomic mass is 19.1. The molecule has 5 rings (SSSR count). The van der Waals surface area contributed by atoms with Crippen LogP contribution in [0.25, 0.3) is 22.4 Å². The number of anilines is 1. The molecule has 6 nitrogen and oxygen atoms in total. The Hall–Kier alpha value is -4.33. The average molecular weight is 488 g/mol. The van der Waals surface area contributed by atoms with Gasteiger partial charge in [0.2, 0.25) is 0 Å². The van der Waals surface area contributed by atoms with Crippen molar-refractivity contribution >= 4 is 11.7 Å². The number of halogens is 2. The van der Waals surface area contributed by atoms with E-state index in [1.807, 2.05) is 24.3 Å². The lowest BCUT2D eigenvalue weighted by molar-refractivity contribution is -0.138. The van der Waals surface area contributed by atoms with E-state index >= 15 is 0 Å². The molecular formula is C28H23F2N3O3. The molecule has 1 fully saturated rings. The molecule has 2 atom stereocenters. The van der Waals surface area contributed by atoms with Gasteiger partial charge in [-0.05, 0) is 42.3 Å². The van der Waals surface area contributed by atoms with Crippen LogP contribution in [0.1, 0.15) is 23.6 Å². The van der Waals surface area contributed by atoms with Crippen molar-refractivity contribution in [2.75, 3.05) is 12.4 Å². The van der Waals surface area contributed by atoms with Crippen LogP contribution in [0.2, 0.25) is 0 Å². The summed E-state index contributed by atoms with van der Waals surface area (Å²) < 4.78 is 34.3. The quantitative estimate of drug-likeness (QED) is 0.322. The van der Waals surface area contributed by atoms with Crippen molar-refractivity contribution in [3.05, 3.63) is 95.9 Å². The van der Waals surface area contributed by atoms with Gasteiger partial charge in [0.25, 0.3) is 0 Å². The van der Waals surface area contributed by atoms with E-state index in [1.54, 1.807) is 43.8 Å². The van der Waals surface area contributed by atoms with E-state index in [0.29, 0.717) is 34.5 Å². The summed E-state index contributed by atoms with van der Waals surface area (Å²) in [5.41, 5.74) is 4.24. The predicted octanol–water partition coefficient (Wildman–Crippen LogP) is 5.90. The van der Waals surface area contributed by atoms with Crippen LogP contribution in [0.4, 0.5) is 14.5 Å². The summed E-state index contributed by atoms with van der Waals surface area (Å²) >= 11 is 0. The van der Waals surface area contributed by atoms with Crippen molar-refractivity contribution in [2.24, 2.45) is 5.92 Å². The lowest BCUT2D eigenvalue weighted by Crippen LogP contribution is -2.04. The molecule has 0 spiro atoms. The van der Waals surface area contributed by atoms with Gasteiger partial charge in [-0.25, -0.2) is 8.78 Å². The largest absolute Gasteiger partial charge is 0.495 e. The van der Waals surface area contributed by atoms with Crippen molar-refractivity contribution in [2.45, 2.75) is 18.9 Å². The lowest BCUT2D eigenvalue weighted by Gasteiger charge is -2.12. The third-order valence-electron chi connectivity index (χ3n) is 6.36. The first-order chi connectivity index (χ1) is 17.4. The second-order valence-electron chi connectivity index (χ2n) is 8.70. The van der Waals surface area contributed by atoms with Gasteiger partial charge in [0.15, 0.2) is 0 Å². The summed E-state index contributed by atoms with van der Waals surface area (Å²) in [4.78, 5) is 19.8. The highest BCUT2D eigenvalue weighted by molar-refractivity contribution is 5.75. The van der Waals surface area contributed by atoms with Crippen LogP contribution >= 0.6 is 0 Å². The Bertz CT molecular complexity index is 1390. The third kappa shape index (κ3) is 4.88. The van der Waals surface area contributed by atoms with Gasteiger partial charge in [0.05, 0.1) is 36.8 Å². The van der Waals surface area contributed by atoms with Crippen molar-refractivity contribution in [3.8, 4) is 28.1 Å². The second kappa shape index (κ2) is 9.73. The van der Waals surface area contributed by atoms with Crippen molar-refractivity contribution in [1.29, 1.82) is 0 Å². The molecule has 0 aliphatic heterocycles. The van der Waals surface area contributed by atoms with Gasteiger partial charge in [-0.3, -0.25) is 14.8 Å². The van der Waals surface area contributed by atoms with E-state index < -0.39 is 17.6 Å². The number of hydrogen-bond acceptors (Lipinski definition) is 5. The SMILES string of the molecule is COc1ccc(-c2ccc(-c3cc(CNc4ccc([C@@H]5C[C@H]5C(=O)O)nc4)c(F)cc3F)cc2)nc1. The van der Waals surface area contributed by atoms with E-state index in [0.717, 1.165) is 23.0 Å². The Morgan fingerprint density at radius 1 is 1.00 bits per heavy atom. The van der Waals surface area contributed by atoms with Crippen LogP contribution in [-0.2, 0) is 11.3 Å².